The Morgan fingerprint density at radius 2 is 1.50 bits per heavy atom. The molecule has 22 heavy (non-hydrogen) atoms. The van der Waals surface area contributed by atoms with Crippen LogP contribution in [0.4, 0.5) is 0 Å². The number of piperidine rings is 1. The summed E-state index contributed by atoms with van der Waals surface area (Å²) in [5.74, 6) is 0.192. The van der Waals surface area contributed by atoms with Crippen LogP contribution in [0.15, 0.2) is 65.8 Å². The Balaban J connectivity index is 2.01. The fourth-order valence-electron chi connectivity index (χ4n) is 3.59. The molecular formula is C19H22N2O. The van der Waals surface area contributed by atoms with Crippen molar-refractivity contribution < 1.29 is 5.21 Å². The van der Waals surface area contributed by atoms with E-state index in [0.29, 0.717) is 0 Å². The van der Waals surface area contributed by atoms with E-state index in [2.05, 4.69) is 72.6 Å². The Morgan fingerprint density at radius 3 is 2.05 bits per heavy atom. The quantitative estimate of drug-likeness (QED) is 0.663. The van der Waals surface area contributed by atoms with Gasteiger partial charge in [0.25, 0.3) is 0 Å². The summed E-state index contributed by atoms with van der Waals surface area (Å²) < 4.78 is 0. The maximum absolute atomic E-state index is 9.45. The molecule has 2 aromatic carbocycles. The van der Waals surface area contributed by atoms with E-state index in [9.17, 15) is 5.21 Å². The van der Waals surface area contributed by atoms with E-state index < -0.39 is 0 Å². The highest BCUT2D eigenvalue weighted by Crippen LogP contribution is 2.42. The number of oxime groups is 1. The molecule has 114 valence electrons. The SMILES string of the molecule is C[C@H]1/C(=N/O)C[C@@H](c2ccccc2)N(C)[C@H]1c1ccccc1. The number of rotatable bonds is 2. The first kappa shape index (κ1) is 14.8. The van der Waals surface area contributed by atoms with Gasteiger partial charge >= 0.3 is 0 Å². The van der Waals surface area contributed by atoms with Crippen molar-refractivity contribution >= 4 is 5.71 Å². The van der Waals surface area contributed by atoms with Crippen LogP contribution in [0, 0.1) is 5.92 Å². The number of likely N-dealkylation sites (tertiary alicyclic amines) is 1. The van der Waals surface area contributed by atoms with Crippen molar-refractivity contribution in [2.45, 2.75) is 25.4 Å². The second kappa shape index (κ2) is 6.32. The molecule has 0 unspecified atom stereocenters. The zero-order chi connectivity index (χ0) is 15.5. The number of hydrogen-bond acceptors (Lipinski definition) is 3. The second-order valence-corrected chi connectivity index (χ2v) is 6.03. The summed E-state index contributed by atoms with van der Waals surface area (Å²) >= 11 is 0. The minimum absolute atomic E-state index is 0.192. The molecule has 0 aromatic heterocycles. The molecule has 1 saturated heterocycles. The largest absolute Gasteiger partial charge is 0.411 e. The van der Waals surface area contributed by atoms with Gasteiger partial charge in [-0.1, -0.05) is 72.7 Å². The van der Waals surface area contributed by atoms with E-state index in [-0.39, 0.29) is 18.0 Å². The first-order valence-electron chi connectivity index (χ1n) is 7.75. The lowest BCUT2D eigenvalue weighted by molar-refractivity contribution is 0.128. The van der Waals surface area contributed by atoms with Gasteiger partial charge in [-0.15, -0.1) is 0 Å². The molecule has 0 amide bonds. The van der Waals surface area contributed by atoms with Gasteiger partial charge in [0.05, 0.1) is 5.71 Å². The van der Waals surface area contributed by atoms with Crippen LogP contribution in [0.2, 0.25) is 0 Å². The lowest BCUT2D eigenvalue weighted by Crippen LogP contribution is -2.42. The molecule has 3 rings (SSSR count). The van der Waals surface area contributed by atoms with E-state index in [1.807, 2.05) is 12.1 Å². The van der Waals surface area contributed by atoms with Crippen LogP contribution in [0.5, 0.6) is 0 Å². The summed E-state index contributed by atoms with van der Waals surface area (Å²) in [5.41, 5.74) is 3.40. The molecule has 2 aromatic rings. The molecule has 3 atom stereocenters. The van der Waals surface area contributed by atoms with Crippen LogP contribution in [-0.4, -0.2) is 22.9 Å². The number of nitrogens with zero attached hydrogens (tertiary/aromatic N) is 2. The van der Waals surface area contributed by atoms with Crippen molar-refractivity contribution in [2.75, 3.05) is 7.05 Å². The van der Waals surface area contributed by atoms with Crippen molar-refractivity contribution in [3.63, 3.8) is 0 Å². The van der Waals surface area contributed by atoms with Gasteiger partial charge in [0.2, 0.25) is 0 Å². The van der Waals surface area contributed by atoms with Gasteiger partial charge in [-0.3, -0.25) is 4.90 Å². The molecule has 1 heterocycles. The third-order valence-electron chi connectivity index (χ3n) is 4.79. The van der Waals surface area contributed by atoms with Crippen LogP contribution in [0.25, 0.3) is 0 Å². The fraction of sp³-hybridized carbons (Fsp3) is 0.316. The van der Waals surface area contributed by atoms with E-state index in [1.54, 1.807) is 0 Å². The molecule has 0 aliphatic carbocycles. The highest BCUT2D eigenvalue weighted by atomic mass is 16.4. The summed E-state index contributed by atoms with van der Waals surface area (Å²) in [4.78, 5) is 2.41. The lowest BCUT2D eigenvalue weighted by atomic mass is 9.80. The Morgan fingerprint density at radius 1 is 0.955 bits per heavy atom. The summed E-state index contributed by atoms with van der Waals surface area (Å²) in [6.07, 6.45) is 0.765. The fourth-order valence-corrected chi connectivity index (χ4v) is 3.59. The van der Waals surface area contributed by atoms with Crippen LogP contribution in [0.3, 0.4) is 0 Å². The van der Waals surface area contributed by atoms with E-state index in [4.69, 9.17) is 0 Å². The standard InChI is InChI=1S/C19H22N2O/c1-14-17(20-22)13-18(15-9-5-3-6-10-15)21(2)19(14)16-11-7-4-8-12-16/h3-12,14,18-19,22H,13H2,1-2H3/b20-17+/t14-,18-,19+/m0/s1. The molecule has 3 nitrogen and oxygen atoms in total. The Kier molecular flexibility index (Phi) is 4.25. The van der Waals surface area contributed by atoms with E-state index in [1.165, 1.54) is 11.1 Å². The Labute approximate surface area is 131 Å². The average molecular weight is 294 g/mol. The third kappa shape index (κ3) is 2.64. The van der Waals surface area contributed by atoms with Crippen molar-refractivity contribution in [2.24, 2.45) is 11.1 Å². The van der Waals surface area contributed by atoms with Crippen LogP contribution in [0.1, 0.15) is 36.6 Å². The van der Waals surface area contributed by atoms with Gasteiger partial charge in [-0.05, 0) is 18.2 Å². The molecule has 3 heteroatoms. The van der Waals surface area contributed by atoms with Crippen LogP contribution in [-0.2, 0) is 0 Å². The first-order chi connectivity index (χ1) is 10.7. The van der Waals surface area contributed by atoms with Crippen LogP contribution >= 0.6 is 0 Å². The zero-order valence-corrected chi connectivity index (χ0v) is 13.1. The first-order valence-corrected chi connectivity index (χ1v) is 7.75. The molecule has 0 radical (unpaired) electrons. The van der Waals surface area contributed by atoms with Crippen molar-refractivity contribution in [3.05, 3.63) is 71.8 Å². The normalized spacial score (nSPS) is 27.9. The lowest BCUT2D eigenvalue weighted by Gasteiger charge is -2.44. The van der Waals surface area contributed by atoms with Gasteiger partial charge in [0.1, 0.15) is 0 Å². The minimum atomic E-state index is 0.192. The smallest absolute Gasteiger partial charge is 0.0636 e. The Hall–Kier alpha value is -2.13. The molecule has 0 bridgehead atoms. The molecule has 1 aliphatic rings. The van der Waals surface area contributed by atoms with Gasteiger partial charge in [0, 0.05) is 24.4 Å². The monoisotopic (exact) mass is 294 g/mol. The van der Waals surface area contributed by atoms with Crippen molar-refractivity contribution in [1.29, 1.82) is 0 Å². The summed E-state index contributed by atoms with van der Waals surface area (Å²) in [7, 11) is 2.17. The topological polar surface area (TPSA) is 35.8 Å². The van der Waals surface area contributed by atoms with Crippen LogP contribution < -0.4 is 0 Å². The van der Waals surface area contributed by atoms with Gasteiger partial charge in [-0.2, -0.15) is 0 Å². The maximum Gasteiger partial charge on any atom is 0.0636 e. The highest BCUT2D eigenvalue weighted by molar-refractivity contribution is 5.88. The maximum atomic E-state index is 9.45. The Bertz CT molecular complexity index is 639. The number of hydrogen-bond donors (Lipinski definition) is 1. The van der Waals surface area contributed by atoms with Crippen molar-refractivity contribution in [3.8, 4) is 0 Å². The molecule has 0 spiro atoms. The van der Waals surface area contributed by atoms with Gasteiger partial charge in [0.15, 0.2) is 0 Å². The minimum Gasteiger partial charge on any atom is -0.411 e. The summed E-state index contributed by atoms with van der Waals surface area (Å²) in [6, 6.07) is 21.4. The molecular weight excluding hydrogens is 272 g/mol. The predicted octanol–water partition coefficient (Wildman–Crippen LogP) is 4.27. The number of benzene rings is 2. The van der Waals surface area contributed by atoms with Gasteiger partial charge in [-0.25, -0.2) is 0 Å². The highest BCUT2D eigenvalue weighted by Gasteiger charge is 2.38. The van der Waals surface area contributed by atoms with Gasteiger partial charge < -0.3 is 5.21 Å². The second-order valence-electron chi connectivity index (χ2n) is 6.03. The predicted molar refractivity (Wildman–Crippen MR) is 89.1 cm³/mol. The third-order valence-corrected chi connectivity index (χ3v) is 4.79. The van der Waals surface area contributed by atoms with Crippen molar-refractivity contribution in [1.82, 2.24) is 4.90 Å². The zero-order valence-electron chi connectivity index (χ0n) is 13.1. The molecule has 1 fully saturated rings. The average Bonchev–Trinajstić information content (AvgIpc) is 2.57. The molecule has 0 saturated carbocycles. The summed E-state index contributed by atoms with van der Waals surface area (Å²) in [5, 5.41) is 13.1. The summed E-state index contributed by atoms with van der Waals surface area (Å²) in [6.45, 7) is 2.14. The van der Waals surface area contributed by atoms with E-state index >= 15 is 0 Å². The molecule has 1 N–H and O–H groups in total. The molecule has 1 aliphatic heterocycles. The van der Waals surface area contributed by atoms with E-state index in [0.717, 1.165) is 12.1 Å².